The molecule has 4 heterocycles. The van der Waals surface area contributed by atoms with Crippen molar-refractivity contribution in [2.24, 2.45) is 0 Å². The van der Waals surface area contributed by atoms with E-state index in [-0.39, 0.29) is 17.5 Å². The highest BCUT2D eigenvalue weighted by Crippen LogP contribution is 2.32. The van der Waals surface area contributed by atoms with Crippen LogP contribution in [0.25, 0.3) is 22.0 Å². The number of nitrogens with zero attached hydrogens (tertiary/aromatic N) is 3. The van der Waals surface area contributed by atoms with E-state index in [9.17, 15) is 8.42 Å². The number of hydrogen-bond acceptors (Lipinski definition) is 6. The minimum absolute atomic E-state index is 0.150. The molecular weight excluding hydrogens is 444 g/mol. The fourth-order valence-corrected chi connectivity index (χ4v) is 6.52. The first-order chi connectivity index (χ1) is 16.4. The maximum absolute atomic E-state index is 11.6. The zero-order valence-corrected chi connectivity index (χ0v) is 19.8. The lowest BCUT2D eigenvalue weighted by Gasteiger charge is -2.40. The van der Waals surface area contributed by atoms with Crippen molar-refractivity contribution in [3.8, 4) is 11.3 Å². The van der Waals surface area contributed by atoms with Crippen molar-refractivity contribution in [2.75, 3.05) is 23.4 Å². The lowest BCUT2D eigenvalue weighted by atomic mass is 9.99. The third-order valence-electron chi connectivity index (χ3n) is 6.99. The molecule has 2 aliphatic heterocycles. The molecule has 2 aromatic carbocycles. The van der Waals surface area contributed by atoms with Crippen LogP contribution in [-0.4, -0.2) is 47.4 Å². The Bertz CT molecular complexity index is 1500. The van der Waals surface area contributed by atoms with Crippen LogP contribution in [0.4, 0.5) is 11.5 Å². The maximum atomic E-state index is 11.6. The monoisotopic (exact) mass is 470 g/mol. The molecule has 0 radical (unpaired) electrons. The summed E-state index contributed by atoms with van der Waals surface area (Å²) in [5, 5.41) is 5.84. The zero-order valence-electron chi connectivity index (χ0n) is 19.0. The van der Waals surface area contributed by atoms with Gasteiger partial charge in [-0.1, -0.05) is 30.3 Å². The fraction of sp³-hybridized carbons (Fsp3) is 0.259. The molecule has 7 heteroatoms. The average Bonchev–Trinajstić information content (AvgIpc) is 2.83. The van der Waals surface area contributed by atoms with Gasteiger partial charge in [0.2, 0.25) is 0 Å². The second-order valence-corrected chi connectivity index (χ2v) is 11.5. The Hall–Kier alpha value is -3.29. The molecular formula is C27H26N4O2S. The van der Waals surface area contributed by atoms with Crippen LogP contribution in [0.15, 0.2) is 67.0 Å². The van der Waals surface area contributed by atoms with Crippen molar-refractivity contribution in [1.82, 2.24) is 14.9 Å². The number of sulfone groups is 1. The second-order valence-electron chi connectivity index (χ2n) is 9.32. The molecule has 0 amide bonds. The van der Waals surface area contributed by atoms with E-state index < -0.39 is 9.84 Å². The van der Waals surface area contributed by atoms with Gasteiger partial charge < -0.3 is 5.32 Å². The standard InChI is InChI=1S/C27H26N4O2S/c1-18-6-7-22(13-25(18)26-12-19-4-2-3-5-20(19)14-29-26)30-27-24-9-11-31(15-21(24)8-10-28-27)23-16-34(32,33)17-23/h2-8,10,12-14,23H,9,11,15-17H2,1H3,(H,28,30). The lowest BCUT2D eigenvalue weighted by Crippen LogP contribution is -2.54. The number of nitrogens with one attached hydrogen (secondary N) is 1. The summed E-state index contributed by atoms with van der Waals surface area (Å²) >= 11 is 0. The molecule has 0 unspecified atom stereocenters. The van der Waals surface area contributed by atoms with E-state index in [0.717, 1.165) is 47.7 Å². The first-order valence-electron chi connectivity index (χ1n) is 11.6. The van der Waals surface area contributed by atoms with Gasteiger partial charge in [0.05, 0.1) is 17.2 Å². The molecule has 34 heavy (non-hydrogen) atoms. The number of aryl methyl sites for hydroxylation is 1. The van der Waals surface area contributed by atoms with E-state index in [2.05, 4.69) is 64.6 Å². The van der Waals surface area contributed by atoms with Crippen molar-refractivity contribution >= 4 is 32.1 Å². The molecule has 0 bridgehead atoms. The Morgan fingerprint density at radius 3 is 2.65 bits per heavy atom. The van der Waals surface area contributed by atoms with Gasteiger partial charge in [0, 0.05) is 53.7 Å². The van der Waals surface area contributed by atoms with Crippen LogP contribution in [0.3, 0.4) is 0 Å². The van der Waals surface area contributed by atoms with Gasteiger partial charge in [-0.3, -0.25) is 9.88 Å². The minimum Gasteiger partial charge on any atom is -0.340 e. The van der Waals surface area contributed by atoms with Crippen molar-refractivity contribution in [3.05, 3.63) is 83.7 Å². The summed E-state index contributed by atoms with van der Waals surface area (Å²) in [7, 11) is -2.82. The number of aromatic nitrogens is 2. The molecule has 0 aliphatic carbocycles. The SMILES string of the molecule is Cc1ccc(Nc2nccc3c2CCN(C2CS(=O)(=O)C2)C3)cc1-c1cc2ccccc2cn1. The van der Waals surface area contributed by atoms with Crippen LogP contribution < -0.4 is 5.32 Å². The summed E-state index contributed by atoms with van der Waals surface area (Å²) < 4.78 is 23.2. The zero-order chi connectivity index (χ0) is 23.3. The van der Waals surface area contributed by atoms with Gasteiger partial charge in [-0.05, 0) is 54.1 Å². The number of rotatable bonds is 4. The van der Waals surface area contributed by atoms with E-state index in [1.54, 1.807) is 0 Å². The first kappa shape index (κ1) is 21.3. The van der Waals surface area contributed by atoms with Gasteiger partial charge in [0.1, 0.15) is 5.82 Å². The van der Waals surface area contributed by atoms with Crippen LogP contribution in [0.5, 0.6) is 0 Å². The highest BCUT2D eigenvalue weighted by atomic mass is 32.2. The number of anilines is 2. The Morgan fingerprint density at radius 2 is 1.82 bits per heavy atom. The lowest BCUT2D eigenvalue weighted by molar-refractivity contribution is 0.196. The average molecular weight is 471 g/mol. The topological polar surface area (TPSA) is 75.2 Å². The summed E-state index contributed by atoms with van der Waals surface area (Å²) in [5.74, 6) is 1.45. The van der Waals surface area contributed by atoms with E-state index in [4.69, 9.17) is 4.98 Å². The fourth-order valence-electron chi connectivity index (χ4n) is 5.02. The molecule has 172 valence electrons. The molecule has 2 aliphatic rings. The van der Waals surface area contributed by atoms with Gasteiger partial charge in [-0.2, -0.15) is 0 Å². The van der Waals surface area contributed by atoms with Crippen molar-refractivity contribution in [3.63, 3.8) is 0 Å². The summed E-state index contributed by atoms with van der Waals surface area (Å²) in [6.45, 7) is 3.73. The third kappa shape index (κ3) is 3.95. The van der Waals surface area contributed by atoms with Crippen LogP contribution >= 0.6 is 0 Å². The maximum Gasteiger partial charge on any atom is 0.153 e. The number of pyridine rings is 2. The number of benzene rings is 2. The summed E-state index contributed by atoms with van der Waals surface area (Å²) in [5.41, 5.74) is 6.63. The molecule has 0 atom stereocenters. The summed E-state index contributed by atoms with van der Waals surface area (Å²) in [6, 6.07) is 18.9. The van der Waals surface area contributed by atoms with Crippen LogP contribution in [0.1, 0.15) is 16.7 Å². The molecule has 6 rings (SSSR count). The highest BCUT2D eigenvalue weighted by Gasteiger charge is 2.38. The van der Waals surface area contributed by atoms with Crippen LogP contribution in [0, 0.1) is 6.92 Å². The van der Waals surface area contributed by atoms with Crippen LogP contribution in [0.2, 0.25) is 0 Å². The van der Waals surface area contributed by atoms with Gasteiger partial charge in [0.25, 0.3) is 0 Å². The molecule has 0 saturated carbocycles. The van der Waals surface area contributed by atoms with E-state index in [0.29, 0.717) is 0 Å². The van der Waals surface area contributed by atoms with E-state index >= 15 is 0 Å². The Balaban J connectivity index is 1.27. The normalized spacial score (nSPS) is 17.8. The largest absolute Gasteiger partial charge is 0.340 e. The smallest absolute Gasteiger partial charge is 0.153 e. The second kappa shape index (κ2) is 8.18. The molecule has 2 aromatic heterocycles. The Morgan fingerprint density at radius 1 is 1.00 bits per heavy atom. The van der Waals surface area contributed by atoms with E-state index in [1.807, 2.05) is 24.5 Å². The van der Waals surface area contributed by atoms with Crippen molar-refractivity contribution in [2.45, 2.75) is 25.9 Å². The quantitative estimate of drug-likeness (QED) is 0.473. The van der Waals surface area contributed by atoms with Gasteiger partial charge >= 0.3 is 0 Å². The number of fused-ring (bicyclic) bond motifs is 2. The van der Waals surface area contributed by atoms with Crippen molar-refractivity contribution in [1.29, 1.82) is 0 Å². The van der Waals surface area contributed by atoms with Gasteiger partial charge in [0.15, 0.2) is 9.84 Å². The predicted molar refractivity (Wildman–Crippen MR) is 136 cm³/mol. The summed E-state index contributed by atoms with van der Waals surface area (Å²) in [6.07, 6.45) is 4.62. The van der Waals surface area contributed by atoms with Crippen LogP contribution in [-0.2, 0) is 22.8 Å². The number of hydrogen-bond donors (Lipinski definition) is 1. The predicted octanol–water partition coefficient (Wildman–Crippen LogP) is 4.50. The molecule has 4 aromatic rings. The van der Waals surface area contributed by atoms with E-state index in [1.165, 1.54) is 22.1 Å². The Labute approximate surface area is 199 Å². The van der Waals surface area contributed by atoms with Crippen molar-refractivity contribution < 1.29 is 8.42 Å². The molecule has 6 nitrogen and oxygen atoms in total. The van der Waals surface area contributed by atoms with Gasteiger partial charge in [-0.15, -0.1) is 0 Å². The molecule has 1 fully saturated rings. The summed E-state index contributed by atoms with van der Waals surface area (Å²) in [4.78, 5) is 11.6. The minimum atomic E-state index is -2.82. The molecule has 1 N–H and O–H groups in total. The first-order valence-corrected chi connectivity index (χ1v) is 13.4. The third-order valence-corrected chi connectivity index (χ3v) is 8.78. The highest BCUT2D eigenvalue weighted by molar-refractivity contribution is 7.92. The van der Waals surface area contributed by atoms with Gasteiger partial charge in [-0.25, -0.2) is 13.4 Å². The Kier molecular flexibility index (Phi) is 5.12. The molecule has 0 spiro atoms. The molecule has 1 saturated heterocycles.